The van der Waals surface area contributed by atoms with Gasteiger partial charge in [0.25, 0.3) is 5.91 Å². The number of amides is 2. The van der Waals surface area contributed by atoms with E-state index in [1.54, 1.807) is 12.1 Å². The highest BCUT2D eigenvalue weighted by molar-refractivity contribution is 8.26. The van der Waals surface area contributed by atoms with E-state index in [2.05, 4.69) is 6.92 Å². The molecular weight excluding hydrogens is 388 g/mol. The number of carbonyl (C=O) groups excluding carboxylic acids is 2. The third-order valence-electron chi connectivity index (χ3n) is 4.75. The molecule has 0 bridgehead atoms. The van der Waals surface area contributed by atoms with Gasteiger partial charge in [-0.15, -0.1) is 0 Å². The Balaban J connectivity index is 1.61. The molecule has 138 valence electrons. The Labute approximate surface area is 168 Å². The van der Waals surface area contributed by atoms with Crippen LogP contribution in [0.25, 0.3) is 6.08 Å². The fraction of sp³-hybridized carbons (Fsp3) is 0.421. The zero-order valence-electron chi connectivity index (χ0n) is 14.6. The van der Waals surface area contributed by atoms with Crippen LogP contribution in [0.1, 0.15) is 31.7 Å². The second kappa shape index (κ2) is 8.55. The summed E-state index contributed by atoms with van der Waals surface area (Å²) in [6.07, 6.45) is 4.16. The van der Waals surface area contributed by atoms with E-state index >= 15 is 0 Å². The first-order valence-corrected chi connectivity index (χ1v) is 10.3. The van der Waals surface area contributed by atoms with Crippen LogP contribution in [0.2, 0.25) is 5.02 Å². The van der Waals surface area contributed by atoms with E-state index in [4.69, 9.17) is 23.8 Å². The van der Waals surface area contributed by atoms with Gasteiger partial charge in [-0.1, -0.05) is 60.7 Å². The molecule has 26 heavy (non-hydrogen) atoms. The molecule has 1 aromatic rings. The average molecular weight is 409 g/mol. The normalized spacial score (nSPS) is 20.3. The van der Waals surface area contributed by atoms with Crippen LogP contribution in [-0.4, -0.2) is 45.6 Å². The van der Waals surface area contributed by atoms with Gasteiger partial charge in [0.2, 0.25) is 5.91 Å². The van der Waals surface area contributed by atoms with Gasteiger partial charge in [-0.25, -0.2) is 0 Å². The lowest BCUT2D eigenvalue weighted by molar-refractivity contribution is -0.133. The highest BCUT2D eigenvalue weighted by Crippen LogP contribution is 2.33. The molecule has 0 radical (unpaired) electrons. The largest absolute Gasteiger partial charge is 0.343 e. The van der Waals surface area contributed by atoms with Crippen LogP contribution < -0.4 is 0 Å². The third-order valence-corrected chi connectivity index (χ3v) is 6.47. The Kier molecular flexibility index (Phi) is 6.37. The van der Waals surface area contributed by atoms with Gasteiger partial charge < -0.3 is 4.90 Å². The second-order valence-electron chi connectivity index (χ2n) is 6.67. The number of thioether (sulfide) groups is 1. The van der Waals surface area contributed by atoms with Crippen molar-refractivity contribution in [1.29, 1.82) is 0 Å². The van der Waals surface area contributed by atoms with Crippen LogP contribution in [0.4, 0.5) is 0 Å². The zero-order chi connectivity index (χ0) is 18.7. The van der Waals surface area contributed by atoms with Gasteiger partial charge in [0, 0.05) is 31.1 Å². The van der Waals surface area contributed by atoms with Crippen LogP contribution in [-0.2, 0) is 9.59 Å². The molecule has 2 aliphatic heterocycles. The minimum atomic E-state index is -0.153. The fourth-order valence-corrected chi connectivity index (χ4v) is 4.54. The summed E-state index contributed by atoms with van der Waals surface area (Å²) in [5.74, 6) is 0.627. The van der Waals surface area contributed by atoms with Gasteiger partial charge in [0.1, 0.15) is 4.32 Å². The molecule has 2 saturated heterocycles. The van der Waals surface area contributed by atoms with Gasteiger partial charge in [0.05, 0.1) is 4.91 Å². The minimum Gasteiger partial charge on any atom is -0.343 e. The molecule has 0 aromatic heterocycles. The number of halogens is 1. The standard InChI is InChI=1S/C19H21ClN2O2S2/c1-13-6-9-21(10-7-13)17(23)8-11-22-18(24)16(26-19(22)25)12-14-4-2-3-5-15(14)20/h2-5,12-13H,6-11H2,1H3. The molecule has 2 heterocycles. The third kappa shape index (κ3) is 4.48. The highest BCUT2D eigenvalue weighted by atomic mass is 35.5. The minimum absolute atomic E-state index is 0.0982. The van der Waals surface area contributed by atoms with Gasteiger partial charge in [-0.05, 0) is 36.5 Å². The Bertz CT molecular complexity index is 758. The Morgan fingerprint density at radius 1 is 1.35 bits per heavy atom. The van der Waals surface area contributed by atoms with E-state index in [-0.39, 0.29) is 11.8 Å². The quantitative estimate of drug-likeness (QED) is 0.553. The number of nitrogens with zero attached hydrogens (tertiary/aromatic N) is 2. The number of hydrogen-bond acceptors (Lipinski definition) is 4. The molecule has 2 amide bonds. The summed E-state index contributed by atoms with van der Waals surface area (Å²) < 4.78 is 0.494. The molecule has 0 unspecified atom stereocenters. The molecule has 0 saturated carbocycles. The average Bonchev–Trinajstić information content (AvgIpc) is 2.89. The van der Waals surface area contributed by atoms with Crippen LogP contribution in [0, 0.1) is 5.92 Å². The molecule has 7 heteroatoms. The number of carbonyl (C=O) groups is 2. The number of thiocarbonyl (C=S) groups is 1. The highest BCUT2D eigenvalue weighted by Gasteiger charge is 2.32. The maximum Gasteiger partial charge on any atom is 0.266 e. The van der Waals surface area contributed by atoms with E-state index in [1.165, 1.54) is 16.7 Å². The van der Waals surface area contributed by atoms with Gasteiger partial charge in [-0.2, -0.15) is 0 Å². The summed E-state index contributed by atoms with van der Waals surface area (Å²) in [5, 5.41) is 0.590. The molecule has 0 spiro atoms. The van der Waals surface area contributed by atoms with Crippen LogP contribution >= 0.6 is 35.6 Å². The Morgan fingerprint density at radius 2 is 2.04 bits per heavy atom. The second-order valence-corrected chi connectivity index (χ2v) is 8.75. The lowest BCUT2D eigenvalue weighted by Gasteiger charge is -2.30. The van der Waals surface area contributed by atoms with Gasteiger partial charge in [-0.3, -0.25) is 14.5 Å². The number of hydrogen-bond donors (Lipinski definition) is 0. The first-order chi connectivity index (χ1) is 12.5. The van der Waals surface area contributed by atoms with Crippen molar-refractivity contribution in [2.75, 3.05) is 19.6 Å². The molecule has 4 nitrogen and oxygen atoms in total. The van der Waals surface area contributed by atoms with Gasteiger partial charge >= 0.3 is 0 Å². The SMILES string of the molecule is CC1CCN(C(=O)CCN2C(=O)C(=Cc3ccccc3Cl)SC2=S)CC1. The van der Waals surface area contributed by atoms with Crippen LogP contribution in [0.5, 0.6) is 0 Å². The van der Waals surface area contributed by atoms with E-state index in [1.807, 2.05) is 23.1 Å². The van der Waals surface area contributed by atoms with Crippen molar-refractivity contribution in [3.8, 4) is 0 Å². The van der Waals surface area contributed by atoms with Crippen molar-refractivity contribution in [3.63, 3.8) is 0 Å². The van der Waals surface area contributed by atoms with Crippen molar-refractivity contribution >= 4 is 57.8 Å². The fourth-order valence-electron chi connectivity index (χ4n) is 3.05. The number of piperidine rings is 1. The van der Waals surface area contributed by atoms with Crippen LogP contribution in [0.3, 0.4) is 0 Å². The lowest BCUT2D eigenvalue weighted by Crippen LogP contribution is -2.40. The monoisotopic (exact) mass is 408 g/mol. The molecule has 0 aliphatic carbocycles. The maximum absolute atomic E-state index is 12.6. The van der Waals surface area contributed by atoms with Crippen molar-refractivity contribution in [1.82, 2.24) is 9.80 Å². The van der Waals surface area contributed by atoms with Crippen molar-refractivity contribution in [2.24, 2.45) is 5.92 Å². The number of likely N-dealkylation sites (tertiary alicyclic amines) is 1. The summed E-state index contributed by atoms with van der Waals surface area (Å²) in [7, 11) is 0. The summed E-state index contributed by atoms with van der Waals surface area (Å²) in [4.78, 5) is 29.0. The topological polar surface area (TPSA) is 40.6 Å². The smallest absolute Gasteiger partial charge is 0.266 e. The maximum atomic E-state index is 12.6. The predicted octanol–water partition coefficient (Wildman–Crippen LogP) is 4.19. The van der Waals surface area contributed by atoms with E-state index in [0.29, 0.717) is 33.1 Å². The molecular formula is C19H21ClN2O2S2. The summed E-state index contributed by atoms with van der Waals surface area (Å²) in [6, 6.07) is 7.36. The number of benzene rings is 1. The first-order valence-electron chi connectivity index (χ1n) is 8.73. The lowest BCUT2D eigenvalue weighted by atomic mass is 9.99. The molecule has 0 atom stereocenters. The van der Waals surface area contributed by atoms with Crippen molar-refractivity contribution in [2.45, 2.75) is 26.2 Å². The van der Waals surface area contributed by atoms with E-state index in [9.17, 15) is 9.59 Å². The molecule has 1 aromatic carbocycles. The summed E-state index contributed by atoms with van der Waals surface area (Å²) in [6.45, 7) is 4.16. The molecule has 2 fully saturated rings. The first kappa shape index (κ1) is 19.4. The van der Waals surface area contributed by atoms with Gasteiger partial charge in [0.15, 0.2) is 0 Å². The Hall–Kier alpha value is -1.37. The summed E-state index contributed by atoms with van der Waals surface area (Å²) >= 11 is 12.8. The van der Waals surface area contributed by atoms with E-state index in [0.717, 1.165) is 31.5 Å². The number of rotatable bonds is 4. The van der Waals surface area contributed by atoms with Crippen LogP contribution in [0.15, 0.2) is 29.2 Å². The van der Waals surface area contributed by atoms with Crippen molar-refractivity contribution in [3.05, 3.63) is 39.8 Å². The molecule has 2 aliphatic rings. The predicted molar refractivity (Wildman–Crippen MR) is 111 cm³/mol. The molecule has 3 rings (SSSR count). The van der Waals surface area contributed by atoms with E-state index < -0.39 is 0 Å². The zero-order valence-corrected chi connectivity index (χ0v) is 17.0. The summed E-state index contributed by atoms with van der Waals surface area (Å²) in [5.41, 5.74) is 0.785. The van der Waals surface area contributed by atoms with Crippen molar-refractivity contribution < 1.29 is 9.59 Å². The molecule has 0 N–H and O–H groups in total. The Morgan fingerprint density at radius 3 is 2.73 bits per heavy atom.